The number of pyridine rings is 1. The van der Waals surface area contributed by atoms with Gasteiger partial charge in [0.2, 0.25) is 0 Å². The van der Waals surface area contributed by atoms with Crippen molar-refractivity contribution >= 4 is 5.82 Å². The topological polar surface area (TPSA) is 63.6 Å². The Bertz CT molecular complexity index is 334. The molecule has 5 heteroatoms. The largest absolute Gasteiger partial charge is 0.495 e. The summed E-state index contributed by atoms with van der Waals surface area (Å²) < 4.78 is 10.2. The Morgan fingerprint density at radius 2 is 2.50 bits per heavy atom. The molecule has 5 nitrogen and oxygen atoms in total. The normalized spacial score (nSPS) is 24.4. The minimum Gasteiger partial charge on any atom is -0.495 e. The van der Waals surface area contributed by atoms with Gasteiger partial charge in [0.25, 0.3) is 0 Å². The third-order valence-corrected chi connectivity index (χ3v) is 2.65. The maximum Gasteiger partial charge on any atom is 0.137 e. The summed E-state index contributed by atoms with van der Waals surface area (Å²) in [5.41, 5.74) is -0.762. The van der Waals surface area contributed by atoms with Gasteiger partial charge in [0.15, 0.2) is 0 Å². The monoisotopic (exact) mass is 224 g/mol. The number of hydrogen-bond acceptors (Lipinski definition) is 5. The van der Waals surface area contributed by atoms with Crippen LogP contribution in [0.3, 0.4) is 0 Å². The first-order valence-electron chi connectivity index (χ1n) is 5.26. The van der Waals surface area contributed by atoms with Crippen LogP contribution >= 0.6 is 0 Å². The minimum atomic E-state index is -0.762. The fourth-order valence-electron chi connectivity index (χ4n) is 1.60. The maximum atomic E-state index is 10.0. The molecule has 0 aromatic carbocycles. The number of hydrogen-bond donors (Lipinski definition) is 2. The second-order valence-corrected chi connectivity index (χ2v) is 3.96. The first-order chi connectivity index (χ1) is 7.72. The molecule has 0 spiro atoms. The summed E-state index contributed by atoms with van der Waals surface area (Å²) in [5.74, 6) is 1.44. The molecular formula is C11H16N2O3. The lowest BCUT2D eigenvalue weighted by atomic mass is 10.0. The average molecular weight is 224 g/mol. The van der Waals surface area contributed by atoms with Gasteiger partial charge in [-0.1, -0.05) is 0 Å². The van der Waals surface area contributed by atoms with Crippen molar-refractivity contribution in [1.82, 2.24) is 4.98 Å². The van der Waals surface area contributed by atoms with E-state index in [1.807, 2.05) is 12.1 Å². The molecule has 1 aliphatic heterocycles. The van der Waals surface area contributed by atoms with Crippen molar-refractivity contribution in [2.75, 3.05) is 32.2 Å². The molecule has 1 saturated heterocycles. The Morgan fingerprint density at radius 1 is 1.62 bits per heavy atom. The summed E-state index contributed by atoms with van der Waals surface area (Å²) >= 11 is 0. The summed E-state index contributed by atoms with van der Waals surface area (Å²) in [6, 6.07) is 3.64. The van der Waals surface area contributed by atoms with Crippen molar-refractivity contribution in [3.63, 3.8) is 0 Å². The van der Waals surface area contributed by atoms with Crippen LogP contribution < -0.4 is 10.1 Å². The summed E-state index contributed by atoms with van der Waals surface area (Å²) in [7, 11) is 1.60. The third kappa shape index (κ3) is 2.62. The first kappa shape index (κ1) is 11.2. The van der Waals surface area contributed by atoms with E-state index in [0.717, 1.165) is 5.82 Å². The molecule has 16 heavy (non-hydrogen) atoms. The van der Waals surface area contributed by atoms with E-state index in [1.54, 1.807) is 13.3 Å². The van der Waals surface area contributed by atoms with E-state index >= 15 is 0 Å². The molecule has 0 bridgehead atoms. The molecule has 0 aliphatic carbocycles. The fourth-order valence-corrected chi connectivity index (χ4v) is 1.60. The van der Waals surface area contributed by atoms with E-state index in [-0.39, 0.29) is 0 Å². The molecule has 2 heterocycles. The Balaban J connectivity index is 1.89. The van der Waals surface area contributed by atoms with Crippen LogP contribution in [0.2, 0.25) is 0 Å². The molecule has 1 aromatic heterocycles. The zero-order valence-corrected chi connectivity index (χ0v) is 9.27. The lowest BCUT2D eigenvalue weighted by Gasteiger charge is -2.20. The molecule has 1 atom stereocenters. The van der Waals surface area contributed by atoms with Gasteiger partial charge >= 0.3 is 0 Å². The molecule has 88 valence electrons. The second kappa shape index (κ2) is 4.67. The maximum absolute atomic E-state index is 10.0. The number of aliphatic hydroxyl groups is 1. The number of nitrogens with one attached hydrogen (secondary N) is 1. The van der Waals surface area contributed by atoms with Crippen LogP contribution in [0.25, 0.3) is 0 Å². The van der Waals surface area contributed by atoms with Crippen LogP contribution in [0.1, 0.15) is 6.42 Å². The summed E-state index contributed by atoms with van der Waals surface area (Å²) in [6.45, 7) is 1.46. The van der Waals surface area contributed by atoms with E-state index in [0.29, 0.717) is 31.9 Å². The molecule has 2 N–H and O–H groups in total. The highest BCUT2D eigenvalue weighted by atomic mass is 16.5. The van der Waals surface area contributed by atoms with Crippen LogP contribution in [-0.2, 0) is 4.74 Å². The van der Waals surface area contributed by atoms with E-state index in [2.05, 4.69) is 10.3 Å². The predicted octanol–water partition coefficient (Wildman–Crippen LogP) is 0.653. The van der Waals surface area contributed by atoms with Crippen LogP contribution in [0.4, 0.5) is 5.82 Å². The number of ether oxygens (including phenoxy) is 2. The van der Waals surface area contributed by atoms with Crippen LogP contribution in [0.15, 0.2) is 18.3 Å². The van der Waals surface area contributed by atoms with Crippen LogP contribution in [0, 0.1) is 0 Å². The van der Waals surface area contributed by atoms with E-state index in [1.165, 1.54) is 0 Å². The van der Waals surface area contributed by atoms with E-state index < -0.39 is 5.60 Å². The van der Waals surface area contributed by atoms with Gasteiger partial charge in [0, 0.05) is 19.6 Å². The van der Waals surface area contributed by atoms with Gasteiger partial charge in [-0.2, -0.15) is 0 Å². The number of methoxy groups -OCH3 is 1. The summed E-state index contributed by atoms with van der Waals surface area (Å²) in [4.78, 5) is 4.15. The smallest absolute Gasteiger partial charge is 0.137 e. The molecule has 0 saturated carbocycles. The van der Waals surface area contributed by atoms with Gasteiger partial charge in [-0.05, 0) is 12.1 Å². The molecule has 0 radical (unpaired) electrons. The van der Waals surface area contributed by atoms with E-state index in [4.69, 9.17) is 9.47 Å². The van der Waals surface area contributed by atoms with Gasteiger partial charge in [0.1, 0.15) is 17.2 Å². The van der Waals surface area contributed by atoms with Crippen molar-refractivity contribution < 1.29 is 14.6 Å². The molecule has 0 amide bonds. The molecule has 2 rings (SSSR count). The number of aromatic nitrogens is 1. The van der Waals surface area contributed by atoms with Gasteiger partial charge in [-0.15, -0.1) is 0 Å². The highest BCUT2D eigenvalue weighted by molar-refractivity contribution is 5.37. The first-order valence-corrected chi connectivity index (χ1v) is 5.26. The Kier molecular flexibility index (Phi) is 3.26. The molecular weight excluding hydrogens is 208 g/mol. The van der Waals surface area contributed by atoms with Crippen molar-refractivity contribution in [2.45, 2.75) is 12.0 Å². The van der Waals surface area contributed by atoms with Gasteiger partial charge < -0.3 is 19.9 Å². The Labute approximate surface area is 94.4 Å². The quantitative estimate of drug-likeness (QED) is 0.786. The van der Waals surface area contributed by atoms with Gasteiger partial charge in [-0.3, -0.25) is 0 Å². The third-order valence-electron chi connectivity index (χ3n) is 2.65. The van der Waals surface area contributed by atoms with Crippen molar-refractivity contribution in [3.05, 3.63) is 18.3 Å². The number of rotatable bonds is 4. The summed E-state index contributed by atoms with van der Waals surface area (Å²) in [6.07, 6.45) is 2.30. The van der Waals surface area contributed by atoms with Gasteiger partial charge in [-0.25, -0.2) is 4.98 Å². The lowest BCUT2D eigenvalue weighted by molar-refractivity contribution is 0.0381. The fraction of sp³-hybridized carbons (Fsp3) is 0.545. The minimum absolute atomic E-state index is 0.385. The number of nitrogens with zero attached hydrogens (tertiary/aromatic N) is 1. The Hall–Kier alpha value is -1.33. The van der Waals surface area contributed by atoms with Crippen LogP contribution in [-0.4, -0.2) is 42.6 Å². The van der Waals surface area contributed by atoms with Gasteiger partial charge in [0.05, 0.1) is 19.9 Å². The lowest BCUT2D eigenvalue weighted by Crippen LogP contribution is -2.37. The Morgan fingerprint density at radius 3 is 3.06 bits per heavy atom. The second-order valence-electron chi connectivity index (χ2n) is 3.96. The zero-order chi connectivity index (χ0) is 11.4. The molecule has 1 fully saturated rings. The highest BCUT2D eigenvalue weighted by Crippen LogP contribution is 2.19. The predicted molar refractivity (Wildman–Crippen MR) is 59.7 cm³/mol. The highest BCUT2D eigenvalue weighted by Gasteiger charge is 2.31. The number of anilines is 1. The van der Waals surface area contributed by atoms with Crippen molar-refractivity contribution in [3.8, 4) is 5.75 Å². The standard InChI is InChI=1S/C11H16N2O3/c1-15-9-2-3-10(12-6-9)13-7-11(14)4-5-16-8-11/h2-3,6,14H,4-5,7-8H2,1H3,(H,12,13). The van der Waals surface area contributed by atoms with Crippen molar-refractivity contribution in [1.29, 1.82) is 0 Å². The van der Waals surface area contributed by atoms with Crippen molar-refractivity contribution in [2.24, 2.45) is 0 Å². The molecule has 1 aliphatic rings. The SMILES string of the molecule is COc1ccc(NCC2(O)CCOC2)nc1. The average Bonchev–Trinajstić information content (AvgIpc) is 2.75. The van der Waals surface area contributed by atoms with Crippen LogP contribution in [0.5, 0.6) is 5.75 Å². The zero-order valence-electron chi connectivity index (χ0n) is 9.27. The molecule has 1 aromatic rings. The molecule has 1 unspecified atom stereocenters. The summed E-state index contributed by atoms with van der Waals surface area (Å²) in [5, 5.41) is 13.1. The van der Waals surface area contributed by atoms with E-state index in [9.17, 15) is 5.11 Å².